The largest absolute Gasteiger partial charge is 0.309 e. The summed E-state index contributed by atoms with van der Waals surface area (Å²) in [6.45, 7) is 1.11. The fraction of sp³-hybridized carbons (Fsp3) is 0.417. The van der Waals surface area contributed by atoms with E-state index in [1.807, 2.05) is 25.1 Å². The summed E-state index contributed by atoms with van der Waals surface area (Å²) < 4.78 is 26.6. The van der Waals surface area contributed by atoms with Gasteiger partial charge in [0.25, 0.3) is 0 Å². The normalized spacial score (nSPS) is 11.5. The standard InChI is InChI=1S/C12H16ClN3O2S/c1-16(2)7-3-6-15-19(17,18)12-8-10(9-14)4-5-11(12)13/h4-5,8,15H,3,6-7H2,1-2H3. The van der Waals surface area contributed by atoms with E-state index in [0.29, 0.717) is 13.0 Å². The van der Waals surface area contributed by atoms with E-state index in [1.54, 1.807) is 0 Å². The monoisotopic (exact) mass is 301 g/mol. The van der Waals surface area contributed by atoms with E-state index in [2.05, 4.69) is 4.72 Å². The number of hydrogen-bond donors (Lipinski definition) is 1. The molecule has 0 aliphatic heterocycles. The Labute approximate surface area is 118 Å². The third kappa shape index (κ3) is 4.80. The highest BCUT2D eigenvalue weighted by molar-refractivity contribution is 7.89. The van der Waals surface area contributed by atoms with Gasteiger partial charge in [-0.05, 0) is 45.3 Å². The molecule has 0 spiro atoms. The summed E-state index contributed by atoms with van der Waals surface area (Å²) in [6.07, 6.45) is 0.696. The van der Waals surface area contributed by atoms with Crippen molar-refractivity contribution in [3.8, 4) is 6.07 Å². The molecule has 19 heavy (non-hydrogen) atoms. The molecule has 1 N–H and O–H groups in total. The van der Waals surface area contributed by atoms with Crippen molar-refractivity contribution in [3.63, 3.8) is 0 Å². The molecule has 0 aromatic heterocycles. The summed E-state index contributed by atoms with van der Waals surface area (Å²) >= 11 is 5.86. The molecule has 104 valence electrons. The van der Waals surface area contributed by atoms with Crippen LogP contribution in [0.25, 0.3) is 0 Å². The van der Waals surface area contributed by atoms with E-state index in [1.165, 1.54) is 18.2 Å². The van der Waals surface area contributed by atoms with Crippen LogP contribution in [-0.4, -0.2) is 40.5 Å². The molecule has 0 aliphatic carbocycles. The Balaban J connectivity index is 2.80. The molecule has 0 radical (unpaired) electrons. The van der Waals surface area contributed by atoms with E-state index < -0.39 is 10.0 Å². The van der Waals surface area contributed by atoms with Gasteiger partial charge in [0.2, 0.25) is 10.0 Å². The van der Waals surface area contributed by atoms with Crippen LogP contribution in [-0.2, 0) is 10.0 Å². The quantitative estimate of drug-likeness (QED) is 0.807. The van der Waals surface area contributed by atoms with Crippen molar-refractivity contribution in [2.24, 2.45) is 0 Å². The number of nitriles is 1. The first kappa shape index (κ1) is 15.9. The lowest BCUT2D eigenvalue weighted by Gasteiger charge is -2.11. The zero-order valence-electron chi connectivity index (χ0n) is 10.9. The van der Waals surface area contributed by atoms with Gasteiger partial charge in [0.1, 0.15) is 4.90 Å². The van der Waals surface area contributed by atoms with Crippen LogP contribution in [0, 0.1) is 11.3 Å². The van der Waals surface area contributed by atoms with Crippen LogP contribution >= 0.6 is 11.6 Å². The van der Waals surface area contributed by atoms with Gasteiger partial charge in [-0.25, -0.2) is 13.1 Å². The van der Waals surface area contributed by atoms with Crippen molar-refractivity contribution in [3.05, 3.63) is 28.8 Å². The third-order valence-corrected chi connectivity index (χ3v) is 4.37. The molecule has 0 bridgehead atoms. The second-order valence-corrected chi connectivity index (χ2v) is 6.45. The van der Waals surface area contributed by atoms with Crippen LogP contribution in [0.1, 0.15) is 12.0 Å². The fourth-order valence-corrected chi connectivity index (χ4v) is 3.06. The molecule has 0 unspecified atom stereocenters. The number of rotatable bonds is 6. The fourth-order valence-electron chi connectivity index (χ4n) is 1.46. The maximum Gasteiger partial charge on any atom is 0.242 e. The lowest BCUT2D eigenvalue weighted by molar-refractivity contribution is 0.400. The number of benzene rings is 1. The summed E-state index contributed by atoms with van der Waals surface area (Å²) in [5, 5.41) is 8.89. The lowest BCUT2D eigenvalue weighted by Crippen LogP contribution is -2.27. The topological polar surface area (TPSA) is 73.2 Å². The van der Waals surface area contributed by atoms with E-state index in [-0.39, 0.29) is 15.5 Å². The van der Waals surface area contributed by atoms with Crippen molar-refractivity contribution < 1.29 is 8.42 Å². The van der Waals surface area contributed by atoms with Crippen molar-refractivity contribution in [2.75, 3.05) is 27.2 Å². The Morgan fingerprint density at radius 2 is 2.11 bits per heavy atom. The van der Waals surface area contributed by atoms with Gasteiger partial charge in [-0.3, -0.25) is 0 Å². The predicted molar refractivity (Wildman–Crippen MR) is 74.5 cm³/mol. The number of halogens is 1. The van der Waals surface area contributed by atoms with Gasteiger partial charge in [0, 0.05) is 6.54 Å². The number of sulfonamides is 1. The second-order valence-electron chi connectivity index (χ2n) is 4.31. The molecule has 0 atom stereocenters. The van der Waals surface area contributed by atoms with Crippen molar-refractivity contribution in [1.29, 1.82) is 5.26 Å². The molecule has 7 heteroatoms. The Bertz CT molecular complexity index is 579. The number of hydrogen-bond acceptors (Lipinski definition) is 4. The van der Waals surface area contributed by atoms with Gasteiger partial charge in [0.05, 0.1) is 16.7 Å². The van der Waals surface area contributed by atoms with Crippen LogP contribution in [0.4, 0.5) is 0 Å². The Morgan fingerprint density at radius 1 is 1.42 bits per heavy atom. The van der Waals surface area contributed by atoms with Gasteiger partial charge >= 0.3 is 0 Å². The molecule has 0 heterocycles. The highest BCUT2D eigenvalue weighted by atomic mass is 35.5. The van der Waals surface area contributed by atoms with E-state index in [9.17, 15) is 8.42 Å². The maximum absolute atomic E-state index is 12.0. The molecule has 0 saturated heterocycles. The van der Waals surface area contributed by atoms with Crippen LogP contribution < -0.4 is 4.72 Å². The van der Waals surface area contributed by atoms with Crippen LogP contribution in [0.5, 0.6) is 0 Å². The summed E-state index contributed by atoms with van der Waals surface area (Å²) in [5.74, 6) is 0. The number of nitrogens with one attached hydrogen (secondary N) is 1. The number of nitrogens with zero attached hydrogens (tertiary/aromatic N) is 2. The summed E-state index contributed by atoms with van der Waals surface area (Å²) in [5.41, 5.74) is 0.262. The molecule has 0 fully saturated rings. The molecule has 0 amide bonds. The molecule has 0 saturated carbocycles. The van der Waals surface area contributed by atoms with Gasteiger partial charge in [-0.1, -0.05) is 11.6 Å². The average Bonchev–Trinajstić information content (AvgIpc) is 2.35. The molecular formula is C12H16ClN3O2S. The second kappa shape index (κ2) is 6.87. The highest BCUT2D eigenvalue weighted by Crippen LogP contribution is 2.22. The Morgan fingerprint density at radius 3 is 2.68 bits per heavy atom. The minimum atomic E-state index is -3.67. The Hall–Kier alpha value is -1.13. The molecule has 1 rings (SSSR count). The van der Waals surface area contributed by atoms with Crippen LogP contribution in [0.2, 0.25) is 5.02 Å². The summed E-state index contributed by atoms with van der Waals surface area (Å²) in [4.78, 5) is 1.91. The average molecular weight is 302 g/mol. The molecule has 1 aromatic rings. The summed E-state index contributed by atoms with van der Waals surface area (Å²) in [7, 11) is 0.164. The maximum atomic E-state index is 12.0. The SMILES string of the molecule is CN(C)CCCNS(=O)(=O)c1cc(C#N)ccc1Cl. The first-order valence-electron chi connectivity index (χ1n) is 5.71. The third-order valence-electron chi connectivity index (χ3n) is 2.42. The summed E-state index contributed by atoms with van der Waals surface area (Å²) in [6, 6.07) is 6.06. The van der Waals surface area contributed by atoms with Gasteiger partial charge in [-0.2, -0.15) is 5.26 Å². The molecule has 5 nitrogen and oxygen atoms in total. The van der Waals surface area contributed by atoms with E-state index in [4.69, 9.17) is 16.9 Å². The zero-order valence-corrected chi connectivity index (χ0v) is 12.4. The molecular weight excluding hydrogens is 286 g/mol. The van der Waals surface area contributed by atoms with Gasteiger partial charge < -0.3 is 4.90 Å². The minimum Gasteiger partial charge on any atom is -0.309 e. The first-order chi connectivity index (χ1) is 8.86. The first-order valence-corrected chi connectivity index (χ1v) is 7.57. The lowest BCUT2D eigenvalue weighted by atomic mass is 10.2. The van der Waals surface area contributed by atoms with Crippen LogP contribution in [0.15, 0.2) is 23.1 Å². The van der Waals surface area contributed by atoms with Crippen LogP contribution in [0.3, 0.4) is 0 Å². The van der Waals surface area contributed by atoms with Crippen molar-refractivity contribution in [1.82, 2.24) is 9.62 Å². The van der Waals surface area contributed by atoms with Gasteiger partial charge in [0.15, 0.2) is 0 Å². The van der Waals surface area contributed by atoms with Crippen molar-refractivity contribution >= 4 is 21.6 Å². The molecule has 1 aromatic carbocycles. The van der Waals surface area contributed by atoms with E-state index >= 15 is 0 Å². The smallest absolute Gasteiger partial charge is 0.242 e. The highest BCUT2D eigenvalue weighted by Gasteiger charge is 2.17. The minimum absolute atomic E-state index is 0.0573. The van der Waals surface area contributed by atoms with Gasteiger partial charge in [-0.15, -0.1) is 0 Å². The molecule has 0 aliphatic rings. The van der Waals surface area contributed by atoms with Crippen molar-refractivity contribution in [2.45, 2.75) is 11.3 Å². The predicted octanol–water partition coefficient (Wildman–Crippen LogP) is 1.44. The zero-order chi connectivity index (χ0) is 14.5. The van der Waals surface area contributed by atoms with E-state index in [0.717, 1.165) is 6.54 Å². The Kier molecular flexibility index (Phi) is 5.76.